The molecule has 1 amide bonds. The molecule has 0 radical (unpaired) electrons. The molecule has 0 heterocycles. The Bertz CT molecular complexity index is 615. The first-order valence-corrected chi connectivity index (χ1v) is 8.84. The van der Waals surface area contributed by atoms with Gasteiger partial charge in [-0.05, 0) is 30.5 Å². The highest BCUT2D eigenvalue weighted by Gasteiger charge is 2.21. The lowest BCUT2D eigenvalue weighted by atomic mass is 10.2. The molecule has 0 bridgehead atoms. The molecule has 5 nitrogen and oxygen atoms in total. The Labute approximate surface area is 131 Å². The summed E-state index contributed by atoms with van der Waals surface area (Å²) in [5.74, 6) is -0.0414. The quantitative estimate of drug-likeness (QED) is 0.868. The second-order valence-corrected chi connectivity index (χ2v) is 7.72. The van der Waals surface area contributed by atoms with E-state index < -0.39 is 10.0 Å². The predicted octanol–water partition coefficient (Wildman–Crippen LogP) is 2.19. The SMILES string of the molecule is Cc1ccc(N(CC(=O)NCC(C)C)S(C)(=O)=O)cc1Cl. The lowest BCUT2D eigenvalue weighted by Gasteiger charge is -2.22. The number of halogens is 1. The Morgan fingerprint density at radius 1 is 1.38 bits per heavy atom. The summed E-state index contributed by atoms with van der Waals surface area (Å²) in [5.41, 5.74) is 1.23. The first-order valence-electron chi connectivity index (χ1n) is 6.62. The molecule has 0 fully saturated rings. The van der Waals surface area contributed by atoms with E-state index in [1.54, 1.807) is 18.2 Å². The number of nitrogens with one attached hydrogen (secondary N) is 1. The van der Waals surface area contributed by atoms with Gasteiger partial charge in [0.15, 0.2) is 0 Å². The van der Waals surface area contributed by atoms with E-state index in [0.29, 0.717) is 23.2 Å². The molecule has 0 spiro atoms. The van der Waals surface area contributed by atoms with Crippen molar-refractivity contribution in [1.82, 2.24) is 5.32 Å². The first kappa shape index (κ1) is 17.8. The normalized spacial score (nSPS) is 11.5. The maximum Gasteiger partial charge on any atom is 0.240 e. The van der Waals surface area contributed by atoms with Crippen LogP contribution in [0.15, 0.2) is 18.2 Å². The predicted molar refractivity (Wildman–Crippen MR) is 86.2 cm³/mol. The number of hydrogen-bond donors (Lipinski definition) is 1. The van der Waals surface area contributed by atoms with Gasteiger partial charge in [0.05, 0.1) is 11.9 Å². The summed E-state index contributed by atoms with van der Waals surface area (Å²) >= 11 is 6.03. The molecular formula is C14H21ClN2O3S. The standard InChI is InChI=1S/C14H21ClN2O3S/c1-10(2)8-16-14(18)9-17(21(4,19)20)12-6-5-11(3)13(15)7-12/h5-7,10H,8-9H2,1-4H3,(H,16,18). The third-order valence-electron chi connectivity index (χ3n) is 2.84. The fourth-order valence-corrected chi connectivity index (χ4v) is 2.66. The smallest absolute Gasteiger partial charge is 0.240 e. The number of nitrogens with zero attached hydrogens (tertiary/aromatic N) is 1. The summed E-state index contributed by atoms with van der Waals surface area (Å²) in [6.45, 7) is 6.00. The summed E-state index contributed by atoms with van der Waals surface area (Å²) < 4.78 is 24.9. The molecule has 1 rings (SSSR count). The average Bonchev–Trinajstić information content (AvgIpc) is 2.35. The fourth-order valence-electron chi connectivity index (χ4n) is 1.64. The molecule has 118 valence electrons. The largest absolute Gasteiger partial charge is 0.354 e. The molecule has 0 aliphatic heterocycles. The number of carbonyl (C=O) groups excluding carboxylic acids is 1. The number of aryl methyl sites for hydroxylation is 1. The monoisotopic (exact) mass is 332 g/mol. The molecule has 1 aromatic rings. The van der Waals surface area contributed by atoms with E-state index in [1.165, 1.54) is 0 Å². The van der Waals surface area contributed by atoms with Crippen LogP contribution in [0.4, 0.5) is 5.69 Å². The lowest BCUT2D eigenvalue weighted by Crippen LogP contribution is -2.41. The van der Waals surface area contributed by atoms with Gasteiger partial charge in [0.2, 0.25) is 15.9 Å². The van der Waals surface area contributed by atoms with Gasteiger partial charge in [0.25, 0.3) is 0 Å². The summed E-state index contributed by atoms with van der Waals surface area (Å²) in [5, 5.41) is 3.16. The van der Waals surface area contributed by atoms with Crippen LogP contribution in [0.2, 0.25) is 5.02 Å². The van der Waals surface area contributed by atoms with Crippen LogP contribution in [0.1, 0.15) is 19.4 Å². The minimum atomic E-state index is -3.57. The van der Waals surface area contributed by atoms with Crippen LogP contribution in [0.25, 0.3) is 0 Å². The van der Waals surface area contributed by atoms with Crippen LogP contribution in [-0.4, -0.2) is 33.7 Å². The summed E-state index contributed by atoms with van der Waals surface area (Å²) in [4.78, 5) is 11.9. The number of rotatable bonds is 6. The van der Waals surface area contributed by atoms with Gasteiger partial charge in [-0.3, -0.25) is 9.10 Å². The van der Waals surface area contributed by atoms with Crippen molar-refractivity contribution in [1.29, 1.82) is 0 Å². The van der Waals surface area contributed by atoms with Crippen molar-refractivity contribution in [3.8, 4) is 0 Å². The minimum absolute atomic E-state index is 0.259. The molecule has 0 aliphatic rings. The summed E-state index contributed by atoms with van der Waals surface area (Å²) in [7, 11) is -3.57. The van der Waals surface area contributed by atoms with Gasteiger partial charge in [0.1, 0.15) is 6.54 Å². The van der Waals surface area contributed by atoms with Crippen LogP contribution in [-0.2, 0) is 14.8 Å². The molecule has 0 saturated carbocycles. The zero-order valence-corrected chi connectivity index (χ0v) is 14.3. The second kappa shape index (κ2) is 7.13. The van der Waals surface area contributed by atoms with Crippen LogP contribution < -0.4 is 9.62 Å². The third kappa shape index (κ3) is 5.55. The zero-order chi connectivity index (χ0) is 16.2. The maximum atomic E-state index is 11.9. The Morgan fingerprint density at radius 2 is 2.00 bits per heavy atom. The first-order chi connectivity index (χ1) is 9.61. The van der Waals surface area contributed by atoms with Crippen molar-refractivity contribution < 1.29 is 13.2 Å². The molecule has 21 heavy (non-hydrogen) atoms. The van der Waals surface area contributed by atoms with E-state index >= 15 is 0 Å². The molecule has 7 heteroatoms. The van der Waals surface area contributed by atoms with Crippen molar-refractivity contribution in [2.45, 2.75) is 20.8 Å². The molecule has 0 aromatic heterocycles. The molecule has 1 N–H and O–H groups in total. The Balaban J connectivity index is 2.97. The van der Waals surface area contributed by atoms with E-state index in [9.17, 15) is 13.2 Å². The number of hydrogen-bond acceptors (Lipinski definition) is 3. The average molecular weight is 333 g/mol. The van der Waals surface area contributed by atoms with Crippen LogP contribution >= 0.6 is 11.6 Å². The van der Waals surface area contributed by atoms with Gasteiger partial charge >= 0.3 is 0 Å². The van der Waals surface area contributed by atoms with E-state index in [0.717, 1.165) is 16.1 Å². The van der Waals surface area contributed by atoms with E-state index in [1.807, 2.05) is 20.8 Å². The highest BCUT2D eigenvalue weighted by atomic mass is 35.5. The van der Waals surface area contributed by atoms with Crippen molar-refractivity contribution in [3.05, 3.63) is 28.8 Å². The Morgan fingerprint density at radius 3 is 2.48 bits per heavy atom. The third-order valence-corrected chi connectivity index (χ3v) is 4.39. The minimum Gasteiger partial charge on any atom is -0.354 e. The Kier molecular flexibility index (Phi) is 6.04. The van der Waals surface area contributed by atoms with Crippen molar-refractivity contribution in [3.63, 3.8) is 0 Å². The topological polar surface area (TPSA) is 66.5 Å². The lowest BCUT2D eigenvalue weighted by molar-refractivity contribution is -0.119. The van der Waals surface area contributed by atoms with E-state index in [4.69, 9.17) is 11.6 Å². The highest BCUT2D eigenvalue weighted by molar-refractivity contribution is 7.92. The van der Waals surface area contributed by atoms with Crippen molar-refractivity contribution in [2.24, 2.45) is 5.92 Å². The summed E-state index contributed by atoms with van der Waals surface area (Å²) in [6, 6.07) is 4.91. The molecule has 0 saturated heterocycles. The number of carbonyl (C=O) groups is 1. The molecule has 0 aliphatic carbocycles. The highest BCUT2D eigenvalue weighted by Crippen LogP contribution is 2.24. The van der Waals surface area contributed by atoms with Crippen LogP contribution in [0.5, 0.6) is 0 Å². The summed E-state index contributed by atoms with van der Waals surface area (Å²) in [6.07, 6.45) is 1.07. The zero-order valence-electron chi connectivity index (χ0n) is 12.7. The number of sulfonamides is 1. The second-order valence-electron chi connectivity index (χ2n) is 5.40. The fraction of sp³-hybridized carbons (Fsp3) is 0.500. The van der Waals surface area contributed by atoms with Gasteiger partial charge in [0, 0.05) is 11.6 Å². The van der Waals surface area contributed by atoms with Gasteiger partial charge in [-0.2, -0.15) is 0 Å². The maximum absolute atomic E-state index is 11.9. The van der Waals surface area contributed by atoms with Gasteiger partial charge in [-0.1, -0.05) is 31.5 Å². The van der Waals surface area contributed by atoms with Gasteiger partial charge < -0.3 is 5.32 Å². The molecule has 1 aromatic carbocycles. The van der Waals surface area contributed by atoms with Gasteiger partial charge in [-0.25, -0.2) is 8.42 Å². The molecular weight excluding hydrogens is 312 g/mol. The number of benzene rings is 1. The van der Waals surface area contributed by atoms with Crippen LogP contribution in [0, 0.1) is 12.8 Å². The van der Waals surface area contributed by atoms with E-state index in [-0.39, 0.29) is 12.5 Å². The van der Waals surface area contributed by atoms with Crippen molar-refractivity contribution >= 4 is 33.2 Å². The Hall–Kier alpha value is -1.27. The molecule has 0 atom stereocenters. The number of amides is 1. The van der Waals surface area contributed by atoms with E-state index in [2.05, 4.69) is 5.32 Å². The van der Waals surface area contributed by atoms with Crippen molar-refractivity contribution in [2.75, 3.05) is 23.7 Å². The number of anilines is 1. The van der Waals surface area contributed by atoms with Gasteiger partial charge in [-0.15, -0.1) is 0 Å². The van der Waals surface area contributed by atoms with Crippen LogP contribution in [0.3, 0.4) is 0 Å². The molecule has 0 unspecified atom stereocenters.